The molecule has 0 unspecified atom stereocenters. The Labute approximate surface area is 166 Å². The van der Waals surface area contributed by atoms with E-state index < -0.39 is 5.97 Å². The molecule has 142 valence electrons. The number of carboxylic acids is 1. The standard InChI is InChI=1S/C21H18N2O4S/c1-22-18(24)11-4-14-2-5-16(6-3-14)21-20(23-13-28-21)15-7-9-17(10-8-15)27-12-19(25)26/h2-11,13H,12H2,1H3,(H,22,24)(H,25,26)/b11-4+. The van der Waals surface area contributed by atoms with Crippen molar-refractivity contribution in [2.45, 2.75) is 0 Å². The maximum atomic E-state index is 11.3. The SMILES string of the molecule is CNC(=O)/C=C/c1ccc(-c2scnc2-c2ccc(OCC(=O)O)cc2)cc1. The average Bonchev–Trinajstić information content (AvgIpc) is 3.21. The zero-order chi connectivity index (χ0) is 19.9. The van der Waals surface area contributed by atoms with Gasteiger partial charge in [0.1, 0.15) is 5.75 Å². The molecule has 3 aromatic rings. The van der Waals surface area contributed by atoms with Crippen molar-refractivity contribution >= 4 is 29.3 Å². The summed E-state index contributed by atoms with van der Waals surface area (Å²) in [5.74, 6) is -0.667. The first-order valence-electron chi connectivity index (χ1n) is 8.45. The highest BCUT2D eigenvalue weighted by Crippen LogP contribution is 2.35. The number of carbonyl (C=O) groups excluding carboxylic acids is 1. The third kappa shape index (κ3) is 4.83. The van der Waals surface area contributed by atoms with Crippen LogP contribution in [0.2, 0.25) is 0 Å². The van der Waals surface area contributed by atoms with E-state index in [1.54, 1.807) is 42.1 Å². The summed E-state index contributed by atoms with van der Waals surface area (Å²) in [5.41, 5.74) is 5.52. The molecule has 3 rings (SSSR count). The third-order valence-corrected chi connectivity index (χ3v) is 4.78. The predicted octanol–water partition coefficient (Wildman–Crippen LogP) is 3.70. The number of benzene rings is 2. The number of aromatic nitrogens is 1. The molecule has 1 amide bonds. The van der Waals surface area contributed by atoms with E-state index in [1.807, 2.05) is 36.4 Å². The smallest absolute Gasteiger partial charge is 0.341 e. The predicted molar refractivity (Wildman–Crippen MR) is 109 cm³/mol. The molecule has 2 aromatic carbocycles. The van der Waals surface area contributed by atoms with Gasteiger partial charge in [-0.2, -0.15) is 0 Å². The van der Waals surface area contributed by atoms with Crippen LogP contribution < -0.4 is 10.1 Å². The Kier molecular flexibility index (Phi) is 6.18. The van der Waals surface area contributed by atoms with Gasteiger partial charge in [0.05, 0.1) is 16.1 Å². The number of thiazole rings is 1. The molecule has 0 fully saturated rings. The number of carbonyl (C=O) groups is 2. The van der Waals surface area contributed by atoms with Crippen LogP contribution in [0.15, 0.2) is 60.1 Å². The minimum Gasteiger partial charge on any atom is -0.482 e. The van der Waals surface area contributed by atoms with E-state index in [1.165, 1.54) is 6.08 Å². The van der Waals surface area contributed by atoms with Crippen molar-refractivity contribution in [3.05, 3.63) is 65.7 Å². The summed E-state index contributed by atoms with van der Waals surface area (Å²) in [6, 6.07) is 15.0. The highest BCUT2D eigenvalue weighted by atomic mass is 32.1. The zero-order valence-corrected chi connectivity index (χ0v) is 15.9. The van der Waals surface area contributed by atoms with E-state index in [0.29, 0.717) is 5.75 Å². The van der Waals surface area contributed by atoms with E-state index in [4.69, 9.17) is 9.84 Å². The van der Waals surface area contributed by atoms with E-state index in [-0.39, 0.29) is 12.5 Å². The highest BCUT2D eigenvalue weighted by molar-refractivity contribution is 7.13. The number of rotatable bonds is 7. The van der Waals surface area contributed by atoms with E-state index in [2.05, 4.69) is 10.3 Å². The topological polar surface area (TPSA) is 88.5 Å². The van der Waals surface area contributed by atoms with Crippen LogP contribution >= 0.6 is 11.3 Å². The van der Waals surface area contributed by atoms with Crippen LogP contribution in [0.25, 0.3) is 27.8 Å². The second kappa shape index (κ2) is 8.96. The first kappa shape index (κ1) is 19.3. The Bertz CT molecular complexity index is 992. The Morgan fingerprint density at radius 2 is 1.79 bits per heavy atom. The summed E-state index contributed by atoms with van der Waals surface area (Å²) in [6.45, 7) is -0.373. The molecule has 7 heteroatoms. The van der Waals surface area contributed by atoms with Crippen molar-refractivity contribution in [2.75, 3.05) is 13.7 Å². The molecule has 28 heavy (non-hydrogen) atoms. The molecule has 1 heterocycles. The fraction of sp³-hybridized carbons (Fsp3) is 0.0952. The van der Waals surface area contributed by atoms with Crippen molar-refractivity contribution < 1.29 is 19.4 Å². The lowest BCUT2D eigenvalue weighted by Gasteiger charge is -2.06. The lowest BCUT2D eigenvalue weighted by Crippen LogP contribution is -2.13. The number of carboxylic acid groups (broad SMARTS) is 1. The van der Waals surface area contributed by atoms with Gasteiger partial charge in [0.25, 0.3) is 0 Å². The van der Waals surface area contributed by atoms with Gasteiger partial charge < -0.3 is 15.2 Å². The van der Waals surface area contributed by atoms with E-state index in [0.717, 1.165) is 27.3 Å². The van der Waals surface area contributed by atoms with Gasteiger partial charge in [-0.3, -0.25) is 4.79 Å². The van der Waals surface area contributed by atoms with Gasteiger partial charge in [0, 0.05) is 18.7 Å². The Hall–Kier alpha value is -3.45. The lowest BCUT2D eigenvalue weighted by molar-refractivity contribution is -0.139. The maximum Gasteiger partial charge on any atom is 0.341 e. The average molecular weight is 394 g/mol. The van der Waals surface area contributed by atoms with Crippen LogP contribution in [0, 0.1) is 0 Å². The number of hydrogen-bond donors (Lipinski definition) is 2. The largest absolute Gasteiger partial charge is 0.482 e. The van der Waals surface area contributed by atoms with Crippen molar-refractivity contribution in [1.29, 1.82) is 0 Å². The maximum absolute atomic E-state index is 11.3. The summed E-state index contributed by atoms with van der Waals surface area (Å²) in [7, 11) is 1.59. The number of ether oxygens (including phenoxy) is 1. The fourth-order valence-electron chi connectivity index (χ4n) is 2.51. The molecule has 0 bridgehead atoms. The van der Waals surface area contributed by atoms with E-state index in [9.17, 15) is 9.59 Å². The molecule has 2 N–H and O–H groups in total. The monoisotopic (exact) mass is 394 g/mol. The first-order chi connectivity index (χ1) is 13.6. The van der Waals surface area contributed by atoms with Crippen molar-refractivity contribution in [1.82, 2.24) is 10.3 Å². The van der Waals surface area contributed by atoms with Crippen LogP contribution in [-0.4, -0.2) is 35.6 Å². The van der Waals surface area contributed by atoms with Crippen LogP contribution in [0.4, 0.5) is 0 Å². The van der Waals surface area contributed by atoms with Crippen molar-refractivity contribution in [3.63, 3.8) is 0 Å². The van der Waals surface area contributed by atoms with Gasteiger partial charge in [-0.1, -0.05) is 24.3 Å². The second-order valence-corrected chi connectivity index (χ2v) is 6.66. The molecule has 0 atom stereocenters. The van der Waals surface area contributed by atoms with Crippen LogP contribution in [0.1, 0.15) is 5.56 Å². The Morgan fingerprint density at radius 3 is 2.43 bits per heavy atom. The number of likely N-dealkylation sites (N-methyl/N-ethyl adjacent to an activating group) is 1. The quantitative estimate of drug-likeness (QED) is 0.597. The van der Waals surface area contributed by atoms with Crippen molar-refractivity contribution in [2.24, 2.45) is 0 Å². The van der Waals surface area contributed by atoms with Gasteiger partial charge in [0.15, 0.2) is 6.61 Å². The Balaban J connectivity index is 1.79. The lowest BCUT2D eigenvalue weighted by atomic mass is 10.1. The normalized spacial score (nSPS) is 10.8. The van der Waals surface area contributed by atoms with Gasteiger partial charge in [-0.15, -0.1) is 11.3 Å². The van der Waals surface area contributed by atoms with Gasteiger partial charge in [-0.25, -0.2) is 9.78 Å². The van der Waals surface area contributed by atoms with Crippen LogP contribution in [0.3, 0.4) is 0 Å². The molecule has 0 aliphatic heterocycles. The van der Waals surface area contributed by atoms with Crippen LogP contribution in [0.5, 0.6) is 5.75 Å². The number of hydrogen-bond acceptors (Lipinski definition) is 5. The molecule has 0 aliphatic carbocycles. The summed E-state index contributed by atoms with van der Waals surface area (Å²) >= 11 is 1.54. The molecule has 0 spiro atoms. The summed E-state index contributed by atoms with van der Waals surface area (Å²) in [4.78, 5) is 27.4. The highest BCUT2D eigenvalue weighted by Gasteiger charge is 2.11. The minimum absolute atomic E-state index is 0.149. The van der Waals surface area contributed by atoms with Gasteiger partial charge in [0.2, 0.25) is 5.91 Å². The molecular weight excluding hydrogens is 376 g/mol. The first-order valence-corrected chi connectivity index (χ1v) is 9.33. The second-order valence-electron chi connectivity index (χ2n) is 5.81. The number of nitrogens with one attached hydrogen (secondary N) is 1. The molecule has 1 aromatic heterocycles. The summed E-state index contributed by atoms with van der Waals surface area (Å²) in [6.07, 6.45) is 3.24. The summed E-state index contributed by atoms with van der Waals surface area (Å²) < 4.78 is 5.16. The minimum atomic E-state index is -1.01. The molecule has 6 nitrogen and oxygen atoms in total. The number of nitrogens with zero attached hydrogens (tertiary/aromatic N) is 1. The Morgan fingerprint density at radius 1 is 1.11 bits per heavy atom. The van der Waals surface area contributed by atoms with E-state index >= 15 is 0 Å². The van der Waals surface area contributed by atoms with Crippen molar-refractivity contribution in [3.8, 4) is 27.4 Å². The third-order valence-electron chi connectivity index (χ3n) is 3.90. The molecule has 0 radical (unpaired) electrons. The van der Waals surface area contributed by atoms with Gasteiger partial charge >= 0.3 is 5.97 Å². The number of aliphatic carboxylic acids is 1. The van der Waals surface area contributed by atoms with Crippen LogP contribution in [-0.2, 0) is 9.59 Å². The molecule has 0 saturated heterocycles. The molecular formula is C21H18N2O4S. The zero-order valence-electron chi connectivity index (χ0n) is 15.1. The summed E-state index contributed by atoms with van der Waals surface area (Å²) in [5, 5.41) is 11.2. The molecule has 0 saturated carbocycles. The van der Waals surface area contributed by atoms with Gasteiger partial charge in [-0.05, 0) is 41.5 Å². The fourth-order valence-corrected chi connectivity index (χ4v) is 3.33. The molecule has 0 aliphatic rings. The number of amides is 1.